The molecule has 2 heterocycles. The number of piperidine rings is 1. The van der Waals surface area contributed by atoms with Crippen LogP contribution in [0.5, 0.6) is 0 Å². The summed E-state index contributed by atoms with van der Waals surface area (Å²) in [6.45, 7) is 4.29. The lowest BCUT2D eigenvalue weighted by molar-refractivity contribution is -0.137. The Kier molecular flexibility index (Phi) is 9.67. The summed E-state index contributed by atoms with van der Waals surface area (Å²) in [4.78, 5) is 19.3. The number of carbonyl (C=O) groups excluding carboxylic acids is 1. The fourth-order valence-corrected chi connectivity index (χ4v) is 6.07. The smallest absolute Gasteiger partial charge is 0.370 e. The summed E-state index contributed by atoms with van der Waals surface area (Å²) in [6, 6.07) is 17.9. The third-order valence-electron chi connectivity index (χ3n) is 8.28. The van der Waals surface area contributed by atoms with Gasteiger partial charge in [-0.2, -0.15) is 13.2 Å². The van der Waals surface area contributed by atoms with Crippen molar-refractivity contribution in [2.75, 3.05) is 29.9 Å². The summed E-state index contributed by atoms with van der Waals surface area (Å²) in [5.74, 6) is 0.740. The first-order valence-corrected chi connectivity index (χ1v) is 15.1. The van der Waals surface area contributed by atoms with Crippen molar-refractivity contribution in [1.82, 2.24) is 15.6 Å². The molecule has 1 saturated heterocycles. The molecule has 2 aliphatic rings. The fourth-order valence-electron chi connectivity index (χ4n) is 6.07. The molecule has 9 heteroatoms. The van der Waals surface area contributed by atoms with Gasteiger partial charge in [0.15, 0.2) is 0 Å². The third-order valence-corrected chi connectivity index (χ3v) is 8.28. The van der Waals surface area contributed by atoms with Crippen molar-refractivity contribution in [2.45, 2.75) is 76.2 Å². The van der Waals surface area contributed by atoms with Crippen molar-refractivity contribution in [3.8, 4) is 11.1 Å². The minimum absolute atomic E-state index is 0.0678. The Labute approximate surface area is 246 Å². The molecule has 1 saturated carbocycles. The summed E-state index contributed by atoms with van der Waals surface area (Å²) in [7, 11) is 0. The van der Waals surface area contributed by atoms with Crippen molar-refractivity contribution in [1.29, 1.82) is 0 Å². The number of aromatic nitrogens is 1. The first-order chi connectivity index (χ1) is 20.3. The lowest BCUT2D eigenvalue weighted by atomic mass is 9.89. The van der Waals surface area contributed by atoms with E-state index >= 15 is 0 Å². The van der Waals surface area contributed by atoms with Crippen LogP contribution in [0.4, 0.5) is 24.7 Å². The zero-order chi connectivity index (χ0) is 29.5. The van der Waals surface area contributed by atoms with Gasteiger partial charge in [0, 0.05) is 55.2 Å². The number of benzene rings is 2. The molecule has 2 aromatic carbocycles. The number of amides is 1. The molecular weight excluding hydrogens is 539 g/mol. The largest absolute Gasteiger partial charge is 0.416 e. The molecule has 3 atom stereocenters. The Bertz CT molecular complexity index is 1330. The van der Waals surface area contributed by atoms with Crippen LogP contribution in [0.1, 0.15) is 67.8 Å². The third kappa shape index (κ3) is 7.62. The van der Waals surface area contributed by atoms with Gasteiger partial charge in [-0.15, -0.1) is 0 Å². The Morgan fingerprint density at radius 3 is 2.48 bits per heavy atom. The molecule has 1 aromatic heterocycles. The first kappa shape index (κ1) is 29.9. The van der Waals surface area contributed by atoms with Crippen LogP contribution in [0.15, 0.2) is 66.9 Å². The second-order valence-corrected chi connectivity index (χ2v) is 11.4. The normalized spacial score (nSPS) is 21.1. The molecular formula is C33H40F3N5O. The molecule has 0 spiro atoms. The predicted octanol–water partition coefficient (Wildman–Crippen LogP) is 6.89. The molecule has 1 amide bonds. The van der Waals surface area contributed by atoms with Gasteiger partial charge in [0.05, 0.1) is 5.56 Å². The van der Waals surface area contributed by atoms with Crippen molar-refractivity contribution < 1.29 is 18.0 Å². The number of rotatable bonds is 9. The molecule has 42 heavy (non-hydrogen) atoms. The highest BCUT2D eigenvalue weighted by molar-refractivity contribution is 5.95. The van der Waals surface area contributed by atoms with E-state index in [1.54, 1.807) is 18.3 Å². The van der Waals surface area contributed by atoms with Crippen molar-refractivity contribution >= 4 is 17.4 Å². The average Bonchev–Trinajstić information content (AvgIpc) is 3.01. The first-order valence-electron chi connectivity index (χ1n) is 15.1. The van der Waals surface area contributed by atoms with E-state index in [4.69, 9.17) is 0 Å². The van der Waals surface area contributed by atoms with Crippen LogP contribution >= 0.6 is 0 Å². The van der Waals surface area contributed by atoms with Crippen LogP contribution in [0, 0.1) is 0 Å². The summed E-state index contributed by atoms with van der Waals surface area (Å²) < 4.78 is 39.1. The zero-order valence-corrected chi connectivity index (χ0v) is 24.1. The molecule has 3 aromatic rings. The van der Waals surface area contributed by atoms with Crippen LogP contribution < -0.4 is 20.9 Å². The van der Waals surface area contributed by atoms with Crippen molar-refractivity contribution in [3.63, 3.8) is 0 Å². The molecule has 224 valence electrons. The molecule has 1 aliphatic heterocycles. The minimum atomic E-state index is -4.32. The summed E-state index contributed by atoms with van der Waals surface area (Å²) in [5.41, 5.74) is 2.82. The molecule has 0 radical (unpaired) electrons. The highest BCUT2D eigenvalue weighted by Crippen LogP contribution is 2.32. The van der Waals surface area contributed by atoms with E-state index in [2.05, 4.69) is 25.8 Å². The summed E-state index contributed by atoms with van der Waals surface area (Å²) in [6.07, 6.45) is 4.79. The van der Waals surface area contributed by atoms with E-state index in [1.165, 1.54) is 12.1 Å². The molecule has 3 N–H and O–H groups in total. The standard InChI is InChI=1S/C33H40F3N5O/c1-2-17-38-32(42)25-8-5-7-23(20-25)24-16-18-37-31(21-24)40-30-11-4-3-10-29(30)39-27-9-6-19-41(22-27)28-14-12-26(13-15-28)33(34,35)36/h5,7-8,12-16,18,20-21,27,29-30,39H,2-4,6,9-11,17,19,22H2,1H3,(H,37,40)(H,38,42)/t27-,29+,30+/m0/s1. The van der Waals surface area contributed by atoms with E-state index < -0.39 is 11.7 Å². The van der Waals surface area contributed by atoms with E-state index in [-0.39, 0.29) is 24.0 Å². The zero-order valence-electron chi connectivity index (χ0n) is 24.1. The van der Waals surface area contributed by atoms with Gasteiger partial charge in [0.25, 0.3) is 5.91 Å². The van der Waals surface area contributed by atoms with Crippen molar-refractivity contribution in [3.05, 3.63) is 78.0 Å². The fraction of sp³-hybridized carbons (Fsp3) is 0.455. The number of hydrogen-bond acceptors (Lipinski definition) is 5. The quantitative estimate of drug-likeness (QED) is 0.258. The van der Waals surface area contributed by atoms with Crippen LogP contribution in [0.2, 0.25) is 0 Å². The molecule has 1 aliphatic carbocycles. The number of hydrogen-bond donors (Lipinski definition) is 3. The molecule has 0 unspecified atom stereocenters. The molecule has 0 bridgehead atoms. The van der Waals surface area contributed by atoms with Gasteiger partial charge < -0.3 is 20.9 Å². The maximum Gasteiger partial charge on any atom is 0.416 e. The lowest BCUT2D eigenvalue weighted by Gasteiger charge is -2.40. The lowest BCUT2D eigenvalue weighted by Crippen LogP contribution is -2.55. The second kappa shape index (κ2) is 13.6. The number of anilines is 2. The Morgan fingerprint density at radius 2 is 1.71 bits per heavy atom. The molecule has 2 fully saturated rings. The SMILES string of the molecule is CCCNC(=O)c1cccc(-c2ccnc(N[C@@H]3CCCC[C@H]3N[C@H]3CCCN(c4ccc(C(F)(F)F)cc4)C3)c2)c1. The van der Waals surface area contributed by atoms with Crippen LogP contribution in [-0.2, 0) is 6.18 Å². The molecule has 6 nitrogen and oxygen atoms in total. The van der Waals surface area contributed by atoms with Gasteiger partial charge in [-0.25, -0.2) is 4.98 Å². The van der Waals surface area contributed by atoms with E-state index in [1.807, 2.05) is 43.3 Å². The van der Waals surface area contributed by atoms with Gasteiger partial charge in [-0.1, -0.05) is 31.9 Å². The van der Waals surface area contributed by atoms with Crippen LogP contribution in [0.25, 0.3) is 11.1 Å². The average molecular weight is 580 g/mol. The summed E-state index contributed by atoms with van der Waals surface area (Å²) in [5, 5.41) is 10.5. The van der Waals surface area contributed by atoms with Gasteiger partial charge in [-0.05, 0) is 91.8 Å². The Balaban J connectivity index is 1.23. The molecule has 5 rings (SSSR count). The maximum atomic E-state index is 13.0. The van der Waals surface area contributed by atoms with Crippen LogP contribution in [-0.4, -0.2) is 48.7 Å². The monoisotopic (exact) mass is 579 g/mol. The Hall–Kier alpha value is -3.59. The predicted molar refractivity (Wildman–Crippen MR) is 162 cm³/mol. The number of halogens is 3. The topological polar surface area (TPSA) is 69.3 Å². The number of nitrogens with one attached hydrogen (secondary N) is 3. The van der Waals surface area contributed by atoms with Gasteiger partial charge in [0.1, 0.15) is 5.82 Å². The van der Waals surface area contributed by atoms with E-state index in [9.17, 15) is 18.0 Å². The number of pyridine rings is 1. The highest BCUT2D eigenvalue weighted by Gasteiger charge is 2.32. The number of nitrogens with zero attached hydrogens (tertiary/aromatic N) is 2. The number of alkyl halides is 3. The van der Waals surface area contributed by atoms with E-state index in [0.29, 0.717) is 12.1 Å². The van der Waals surface area contributed by atoms with Gasteiger partial charge in [0.2, 0.25) is 0 Å². The van der Waals surface area contributed by atoms with Crippen molar-refractivity contribution in [2.24, 2.45) is 0 Å². The van der Waals surface area contributed by atoms with E-state index in [0.717, 1.165) is 80.7 Å². The minimum Gasteiger partial charge on any atom is -0.370 e. The summed E-state index contributed by atoms with van der Waals surface area (Å²) >= 11 is 0. The number of carbonyl (C=O) groups is 1. The van der Waals surface area contributed by atoms with Gasteiger partial charge >= 0.3 is 6.18 Å². The maximum absolute atomic E-state index is 13.0. The van der Waals surface area contributed by atoms with Crippen LogP contribution in [0.3, 0.4) is 0 Å². The van der Waals surface area contributed by atoms with Gasteiger partial charge in [-0.3, -0.25) is 4.79 Å². The Morgan fingerprint density at radius 1 is 0.952 bits per heavy atom. The highest BCUT2D eigenvalue weighted by atomic mass is 19.4. The second-order valence-electron chi connectivity index (χ2n) is 11.4.